The minimum Gasteiger partial charge on any atom is -0.271 e. The van der Waals surface area contributed by atoms with Gasteiger partial charge >= 0.3 is 0 Å². The number of nitrogens with one attached hydrogen (secondary N) is 1. The lowest BCUT2D eigenvalue weighted by Gasteiger charge is -2.20. The highest BCUT2D eigenvalue weighted by Crippen LogP contribution is 2.31. The van der Waals surface area contributed by atoms with Crippen molar-refractivity contribution in [2.45, 2.75) is 13.0 Å². The van der Waals surface area contributed by atoms with Crippen LogP contribution in [-0.4, -0.2) is 4.98 Å². The van der Waals surface area contributed by atoms with Gasteiger partial charge in [0.05, 0.1) is 6.04 Å². The highest BCUT2D eigenvalue weighted by molar-refractivity contribution is 9.10. The number of aromatic nitrogens is 1. The Hall–Kier alpha value is -0.940. The molecule has 0 saturated heterocycles. The zero-order valence-electron chi connectivity index (χ0n) is 9.82. The molecule has 18 heavy (non-hydrogen) atoms. The van der Waals surface area contributed by atoms with E-state index in [9.17, 15) is 0 Å². The standard InChI is InChI=1S/C13H13BrClN3/c1-8-4-5-17-7-11(8)13(18-16)10-6-9(15)2-3-12(10)14/h2-7,13,18H,16H2,1H3. The summed E-state index contributed by atoms with van der Waals surface area (Å²) in [5.41, 5.74) is 5.96. The van der Waals surface area contributed by atoms with E-state index in [0.29, 0.717) is 5.02 Å². The topological polar surface area (TPSA) is 50.9 Å². The van der Waals surface area contributed by atoms with Gasteiger partial charge in [-0.15, -0.1) is 0 Å². The van der Waals surface area contributed by atoms with Gasteiger partial charge in [-0.05, 0) is 47.9 Å². The Balaban J connectivity index is 2.52. The smallest absolute Gasteiger partial charge is 0.0739 e. The SMILES string of the molecule is Cc1ccncc1C(NN)c1cc(Cl)ccc1Br. The van der Waals surface area contributed by atoms with E-state index in [0.717, 1.165) is 21.2 Å². The zero-order valence-corrected chi connectivity index (χ0v) is 12.2. The molecule has 3 N–H and O–H groups in total. The first-order chi connectivity index (χ1) is 8.63. The van der Waals surface area contributed by atoms with Crippen molar-refractivity contribution < 1.29 is 0 Å². The van der Waals surface area contributed by atoms with Gasteiger partial charge in [0.1, 0.15) is 0 Å². The number of rotatable bonds is 3. The molecule has 0 fully saturated rings. The molecule has 1 unspecified atom stereocenters. The van der Waals surface area contributed by atoms with E-state index >= 15 is 0 Å². The van der Waals surface area contributed by atoms with Gasteiger partial charge in [0.15, 0.2) is 0 Å². The van der Waals surface area contributed by atoms with Crippen LogP contribution in [0.2, 0.25) is 5.02 Å². The Bertz CT molecular complexity index is 560. The predicted octanol–water partition coefficient (Wildman–Crippen LogP) is 3.36. The molecule has 1 atom stereocenters. The van der Waals surface area contributed by atoms with E-state index in [1.807, 2.05) is 37.4 Å². The van der Waals surface area contributed by atoms with Gasteiger partial charge in [-0.25, -0.2) is 5.43 Å². The molecule has 0 aliphatic heterocycles. The molecular weight excluding hydrogens is 314 g/mol. The minimum absolute atomic E-state index is 0.147. The van der Waals surface area contributed by atoms with Crippen LogP contribution in [0.25, 0.3) is 0 Å². The molecule has 94 valence electrons. The second-order valence-electron chi connectivity index (χ2n) is 4.00. The number of halogens is 2. The fourth-order valence-electron chi connectivity index (χ4n) is 1.86. The fourth-order valence-corrected chi connectivity index (χ4v) is 2.52. The number of nitrogens with zero attached hydrogens (tertiary/aromatic N) is 1. The second kappa shape index (κ2) is 5.80. The summed E-state index contributed by atoms with van der Waals surface area (Å²) >= 11 is 9.56. The average molecular weight is 327 g/mol. The van der Waals surface area contributed by atoms with Crippen LogP contribution in [0.15, 0.2) is 41.1 Å². The van der Waals surface area contributed by atoms with E-state index in [1.165, 1.54) is 0 Å². The number of hydrogen-bond donors (Lipinski definition) is 2. The summed E-state index contributed by atoms with van der Waals surface area (Å²) in [4.78, 5) is 4.15. The molecular formula is C13H13BrClN3. The number of pyridine rings is 1. The van der Waals surface area contributed by atoms with Crippen LogP contribution < -0.4 is 11.3 Å². The van der Waals surface area contributed by atoms with Crippen molar-refractivity contribution in [3.05, 3.63) is 62.8 Å². The molecule has 0 bridgehead atoms. The van der Waals surface area contributed by atoms with Gasteiger partial charge in [0.2, 0.25) is 0 Å². The van der Waals surface area contributed by atoms with Gasteiger partial charge in [-0.3, -0.25) is 10.8 Å². The molecule has 0 saturated carbocycles. The van der Waals surface area contributed by atoms with Crippen molar-refractivity contribution in [3.63, 3.8) is 0 Å². The molecule has 2 rings (SSSR count). The summed E-state index contributed by atoms with van der Waals surface area (Å²) in [6.45, 7) is 2.03. The molecule has 5 heteroatoms. The van der Waals surface area contributed by atoms with Crippen LogP contribution >= 0.6 is 27.5 Å². The lowest BCUT2D eigenvalue weighted by Crippen LogP contribution is -2.29. The van der Waals surface area contributed by atoms with Gasteiger partial charge in [0, 0.05) is 21.9 Å². The maximum absolute atomic E-state index is 6.04. The molecule has 2 aromatic rings. The van der Waals surface area contributed by atoms with E-state index in [2.05, 4.69) is 26.3 Å². The Morgan fingerprint density at radius 2 is 2.11 bits per heavy atom. The maximum Gasteiger partial charge on any atom is 0.0739 e. The summed E-state index contributed by atoms with van der Waals surface area (Å²) in [6, 6.07) is 7.44. The molecule has 0 amide bonds. The largest absolute Gasteiger partial charge is 0.271 e. The van der Waals surface area contributed by atoms with Crippen molar-refractivity contribution in [1.29, 1.82) is 0 Å². The molecule has 1 aromatic heterocycles. The highest BCUT2D eigenvalue weighted by Gasteiger charge is 2.17. The Labute approximate surface area is 119 Å². The third kappa shape index (κ3) is 2.72. The number of benzene rings is 1. The van der Waals surface area contributed by atoms with E-state index < -0.39 is 0 Å². The first-order valence-corrected chi connectivity index (χ1v) is 6.62. The molecule has 0 spiro atoms. The van der Waals surface area contributed by atoms with E-state index in [1.54, 1.807) is 6.20 Å². The maximum atomic E-state index is 6.04. The normalized spacial score (nSPS) is 12.4. The Morgan fingerprint density at radius 1 is 1.33 bits per heavy atom. The van der Waals surface area contributed by atoms with Gasteiger partial charge in [-0.2, -0.15) is 0 Å². The van der Waals surface area contributed by atoms with Crippen molar-refractivity contribution in [1.82, 2.24) is 10.4 Å². The summed E-state index contributed by atoms with van der Waals surface area (Å²) in [7, 11) is 0. The van der Waals surface area contributed by atoms with Gasteiger partial charge in [0.25, 0.3) is 0 Å². The van der Waals surface area contributed by atoms with Gasteiger partial charge < -0.3 is 0 Å². The molecule has 1 aromatic carbocycles. The third-order valence-electron chi connectivity index (χ3n) is 2.83. The molecule has 0 aliphatic carbocycles. The van der Waals surface area contributed by atoms with Gasteiger partial charge in [-0.1, -0.05) is 27.5 Å². The lowest BCUT2D eigenvalue weighted by atomic mass is 9.97. The van der Waals surface area contributed by atoms with Crippen LogP contribution in [0.4, 0.5) is 0 Å². The Morgan fingerprint density at radius 3 is 2.78 bits per heavy atom. The fraction of sp³-hybridized carbons (Fsp3) is 0.154. The number of hydrogen-bond acceptors (Lipinski definition) is 3. The summed E-state index contributed by atoms with van der Waals surface area (Å²) < 4.78 is 0.957. The van der Waals surface area contributed by atoms with Crippen molar-refractivity contribution in [2.24, 2.45) is 5.84 Å². The number of hydrazine groups is 1. The Kier molecular flexibility index (Phi) is 4.35. The first-order valence-electron chi connectivity index (χ1n) is 5.45. The van der Waals surface area contributed by atoms with Crippen LogP contribution in [0, 0.1) is 6.92 Å². The molecule has 3 nitrogen and oxygen atoms in total. The summed E-state index contributed by atoms with van der Waals surface area (Å²) in [5, 5.41) is 0.676. The van der Waals surface area contributed by atoms with E-state index in [4.69, 9.17) is 17.4 Å². The number of nitrogens with two attached hydrogens (primary N) is 1. The highest BCUT2D eigenvalue weighted by atomic mass is 79.9. The van der Waals surface area contributed by atoms with Crippen molar-refractivity contribution >= 4 is 27.5 Å². The molecule has 0 aliphatic rings. The van der Waals surface area contributed by atoms with Crippen LogP contribution in [-0.2, 0) is 0 Å². The second-order valence-corrected chi connectivity index (χ2v) is 5.29. The van der Waals surface area contributed by atoms with Crippen LogP contribution in [0.3, 0.4) is 0 Å². The molecule has 1 heterocycles. The molecule has 0 radical (unpaired) electrons. The van der Waals surface area contributed by atoms with Crippen LogP contribution in [0.5, 0.6) is 0 Å². The minimum atomic E-state index is -0.147. The summed E-state index contributed by atoms with van der Waals surface area (Å²) in [5.74, 6) is 5.68. The quantitative estimate of drug-likeness (QED) is 0.672. The average Bonchev–Trinajstić information content (AvgIpc) is 2.36. The number of aryl methyl sites for hydroxylation is 1. The predicted molar refractivity (Wildman–Crippen MR) is 77.3 cm³/mol. The van der Waals surface area contributed by atoms with Crippen molar-refractivity contribution in [2.75, 3.05) is 0 Å². The zero-order chi connectivity index (χ0) is 13.1. The first kappa shape index (κ1) is 13.5. The lowest BCUT2D eigenvalue weighted by molar-refractivity contribution is 0.629. The van der Waals surface area contributed by atoms with Crippen LogP contribution in [0.1, 0.15) is 22.7 Å². The van der Waals surface area contributed by atoms with Crippen molar-refractivity contribution in [3.8, 4) is 0 Å². The summed E-state index contributed by atoms with van der Waals surface area (Å²) in [6.07, 6.45) is 3.58. The van der Waals surface area contributed by atoms with E-state index in [-0.39, 0.29) is 6.04 Å². The third-order valence-corrected chi connectivity index (χ3v) is 3.78. The monoisotopic (exact) mass is 325 g/mol.